The summed E-state index contributed by atoms with van der Waals surface area (Å²) in [5, 5.41) is 28.1. The van der Waals surface area contributed by atoms with Crippen LogP contribution in [0.2, 0.25) is 0 Å². The van der Waals surface area contributed by atoms with E-state index in [2.05, 4.69) is 6.92 Å². The van der Waals surface area contributed by atoms with Gasteiger partial charge in [-0.25, -0.2) is 4.79 Å². The SMILES string of the molecule is CCCCCC(O)C(O)CCCCCCCCC=CC(=O)O. The molecule has 0 saturated carbocycles. The normalized spacial score (nSPS) is 14.3. The lowest BCUT2D eigenvalue weighted by molar-refractivity contribution is -0.131. The van der Waals surface area contributed by atoms with Crippen LogP contribution in [0.3, 0.4) is 0 Å². The molecule has 0 aliphatic rings. The number of hydrogen-bond acceptors (Lipinski definition) is 3. The van der Waals surface area contributed by atoms with Gasteiger partial charge in [0, 0.05) is 6.08 Å². The Kier molecular flexibility index (Phi) is 14.4. The van der Waals surface area contributed by atoms with Gasteiger partial charge >= 0.3 is 5.97 Å². The number of hydrogen-bond donors (Lipinski definition) is 3. The molecule has 4 heteroatoms. The van der Waals surface area contributed by atoms with Gasteiger partial charge in [-0.15, -0.1) is 0 Å². The summed E-state index contributed by atoms with van der Waals surface area (Å²) in [5.41, 5.74) is 0. The molecule has 0 aliphatic heterocycles. The van der Waals surface area contributed by atoms with Crippen molar-refractivity contribution >= 4 is 5.97 Å². The fourth-order valence-corrected chi connectivity index (χ4v) is 2.50. The molecule has 0 spiro atoms. The first kappa shape index (κ1) is 21.1. The minimum Gasteiger partial charge on any atom is -0.478 e. The number of aliphatic hydroxyl groups excluding tert-OH is 2. The Hall–Kier alpha value is -0.870. The molecule has 0 fully saturated rings. The van der Waals surface area contributed by atoms with Gasteiger partial charge in [0.2, 0.25) is 0 Å². The zero-order chi connectivity index (χ0) is 16.6. The van der Waals surface area contributed by atoms with Crippen LogP contribution >= 0.6 is 0 Å². The average Bonchev–Trinajstić information content (AvgIpc) is 2.48. The Labute approximate surface area is 135 Å². The Balaban J connectivity index is 3.36. The molecule has 0 bridgehead atoms. The largest absolute Gasteiger partial charge is 0.478 e. The number of carboxylic acids is 1. The maximum atomic E-state index is 10.3. The van der Waals surface area contributed by atoms with Gasteiger partial charge in [0.15, 0.2) is 0 Å². The van der Waals surface area contributed by atoms with Crippen molar-refractivity contribution in [3.63, 3.8) is 0 Å². The Morgan fingerprint density at radius 1 is 0.864 bits per heavy atom. The van der Waals surface area contributed by atoms with E-state index in [1.54, 1.807) is 6.08 Å². The molecule has 0 aromatic rings. The molecule has 2 atom stereocenters. The van der Waals surface area contributed by atoms with Gasteiger partial charge in [-0.05, 0) is 25.7 Å². The highest BCUT2D eigenvalue weighted by Crippen LogP contribution is 2.14. The molecule has 4 nitrogen and oxygen atoms in total. The molecule has 22 heavy (non-hydrogen) atoms. The molecule has 0 amide bonds. The second kappa shape index (κ2) is 15.0. The van der Waals surface area contributed by atoms with E-state index in [1.807, 2.05) is 0 Å². The van der Waals surface area contributed by atoms with Crippen molar-refractivity contribution in [3.8, 4) is 0 Å². The molecule has 3 N–H and O–H groups in total. The van der Waals surface area contributed by atoms with Crippen LogP contribution in [0, 0.1) is 0 Å². The first-order valence-corrected chi connectivity index (χ1v) is 8.83. The van der Waals surface area contributed by atoms with Crippen LogP contribution in [0.1, 0.15) is 84.0 Å². The zero-order valence-corrected chi connectivity index (χ0v) is 14.0. The summed E-state index contributed by atoms with van der Waals surface area (Å²) in [4.78, 5) is 10.3. The lowest BCUT2D eigenvalue weighted by atomic mass is 10.0. The van der Waals surface area contributed by atoms with Crippen molar-refractivity contribution in [2.24, 2.45) is 0 Å². The molecular formula is C18H34O4. The summed E-state index contributed by atoms with van der Waals surface area (Å²) in [6.45, 7) is 2.13. The molecule has 0 aromatic heterocycles. The van der Waals surface area contributed by atoms with E-state index < -0.39 is 18.2 Å². The maximum Gasteiger partial charge on any atom is 0.327 e. The summed E-state index contributed by atoms with van der Waals surface area (Å²) >= 11 is 0. The van der Waals surface area contributed by atoms with E-state index in [9.17, 15) is 15.0 Å². The number of carboxylic acid groups (broad SMARTS) is 1. The van der Waals surface area contributed by atoms with Crippen LogP contribution in [-0.4, -0.2) is 33.5 Å². The fraction of sp³-hybridized carbons (Fsp3) is 0.833. The summed E-state index contributed by atoms with van der Waals surface area (Å²) in [6, 6.07) is 0. The first-order chi connectivity index (χ1) is 10.6. The van der Waals surface area contributed by atoms with Crippen molar-refractivity contribution in [2.75, 3.05) is 0 Å². The van der Waals surface area contributed by atoms with E-state index >= 15 is 0 Å². The lowest BCUT2D eigenvalue weighted by Gasteiger charge is -2.17. The van der Waals surface area contributed by atoms with Crippen molar-refractivity contribution in [1.82, 2.24) is 0 Å². The van der Waals surface area contributed by atoms with E-state index in [-0.39, 0.29) is 0 Å². The average molecular weight is 314 g/mol. The maximum absolute atomic E-state index is 10.3. The zero-order valence-electron chi connectivity index (χ0n) is 14.0. The molecule has 130 valence electrons. The third kappa shape index (κ3) is 14.1. The van der Waals surface area contributed by atoms with Crippen LogP contribution in [0.15, 0.2) is 12.2 Å². The van der Waals surface area contributed by atoms with Crippen LogP contribution in [0.25, 0.3) is 0 Å². The van der Waals surface area contributed by atoms with Gasteiger partial charge in [0.1, 0.15) is 0 Å². The van der Waals surface area contributed by atoms with Crippen molar-refractivity contribution in [2.45, 2.75) is 96.2 Å². The second-order valence-electron chi connectivity index (χ2n) is 6.07. The smallest absolute Gasteiger partial charge is 0.327 e. The summed E-state index contributed by atoms with van der Waals surface area (Å²) in [6.07, 6.45) is 13.7. The van der Waals surface area contributed by atoms with E-state index in [1.165, 1.54) is 6.08 Å². The molecule has 0 rings (SSSR count). The fourth-order valence-electron chi connectivity index (χ4n) is 2.50. The monoisotopic (exact) mass is 314 g/mol. The molecule has 0 radical (unpaired) electrons. The molecule has 0 aliphatic carbocycles. The molecular weight excluding hydrogens is 280 g/mol. The number of rotatable bonds is 15. The van der Waals surface area contributed by atoms with Crippen LogP contribution in [-0.2, 0) is 4.79 Å². The summed E-state index contributed by atoms with van der Waals surface area (Å²) < 4.78 is 0. The van der Waals surface area contributed by atoms with E-state index in [0.717, 1.165) is 64.2 Å². The van der Waals surface area contributed by atoms with Crippen LogP contribution < -0.4 is 0 Å². The third-order valence-electron chi connectivity index (χ3n) is 3.93. The number of allylic oxidation sites excluding steroid dienone is 1. The van der Waals surface area contributed by atoms with Crippen molar-refractivity contribution in [3.05, 3.63) is 12.2 Å². The molecule has 2 unspecified atom stereocenters. The van der Waals surface area contributed by atoms with E-state index in [0.29, 0.717) is 12.8 Å². The molecule has 0 heterocycles. The highest BCUT2D eigenvalue weighted by molar-refractivity contribution is 5.79. The number of aliphatic carboxylic acids is 1. The van der Waals surface area contributed by atoms with Gasteiger partial charge in [-0.2, -0.15) is 0 Å². The van der Waals surface area contributed by atoms with Crippen molar-refractivity contribution < 1.29 is 20.1 Å². The summed E-state index contributed by atoms with van der Waals surface area (Å²) in [7, 11) is 0. The Morgan fingerprint density at radius 2 is 1.36 bits per heavy atom. The van der Waals surface area contributed by atoms with Crippen LogP contribution in [0.5, 0.6) is 0 Å². The third-order valence-corrected chi connectivity index (χ3v) is 3.93. The lowest BCUT2D eigenvalue weighted by Crippen LogP contribution is -2.25. The topological polar surface area (TPSA) is 77.8 Å². The molecule has 0 saturated heterocycles. The minimum atomic E-state index is -0.879. The highest BCUT2D eigenvalue weighted by atomic mass is 16.4. The number of unbranched alkanes of at least 4 members (excludes halogenated alkanes) is 8. The van der Waals surface area contributed by atoms with Gasteiger partial charge in [-0.3, -0.25) is 0 Å². The number of aliphatic hydroxyl groups is 2. The first-order valence-electron chi connectivity index (χ1n) is 8.83. The quantitative estimate of drug-likeness (QED) is 0.315. The van der Waals surface area contributed by atoms with Gasteiger partial charge in [0.25, 0.3) is 0 Å². The predicted octanol–water partition coefficient (Wildman–Crippen LogP) is 4.05. The predicted molar refractivity (Wildman–Crippen MR) is 89.9 cm³/mol. The second-order valence-corrected chi connectivity index (χ2v) is 6.07. The minimum absolute atomic E-state index is 0.562. The summed E-state index contributed by atoms with van der Waals surface area (Å²) in [5.74, 6) is -0.879. The Morgan fingerprint density at radius 3 is 1.91 bits per heavy atom. The van der Waals surface area contributed by atoms with Gasteiger partial charge in [-0.1, -0.05) is 64.4 Å². The highest BCUT2D eigenvalue weighted by Gasteiger charge is 2.14. The van der Waals surface area contributed by atoms with E-state index in [4.69, 9.17) is 5.11 Å². The number of carbonyl (C=O) groups is 1. The standard InChI is InChI=1S/C18H34O4/c1-2-3-10-13-16(19)17(20)14-11-8-6-4-5-7-9-12-15-18(21)22/h12,15-17,19-20H,2-11,13-14H2,1H3,(H,21,22). The van der Waals surface area contributed by atoms with Gasteiger partial charge < -0.3 is 15.3 Å². The molecule has 0 aromatic carbocycles. The van der Waals surface area contributed by atoms with Crippen LogP contribution in [0.4, 0.5) is 0 Å². The van der Waals surface area contributed by atoms with Crippen molar-refractivity contribution in [1.29, 1.82) is 0 Å². The Bertz CT molecular complexity index is 289. The van der Waals surface area contributed by atoms with Gasteiger partial charge in [0.05, 0.1) is 12.2 Å².